The number of fused-ring (bicyclic) bond motifs is 3. The summed E-state index contributed by atoms with van der Waals surface area (Å²) >= 11 is 1.30. The van der Waals surface area contributed by atoms with Gasteiger partial charge >= 0.3 is 5.69 Å². The summed E-state index contributed by atoms with van der Waals surface area (Å²) in [5, 5.41) is 0.766. The van der Waals surface area contributed by atoms with Crippen LogP contribution in [-0.2, 0) is 22.6 Å². The first-order valence-corrected chi connectivity index (χ1v) is 7.78. The summed E-state index contributed by atoms with van der Waals surface area (Å²) in [7, 11) is 1.49. The molecule has 2 aromatic heterocycles. The Bertz CT molecular complexity index is 1020. The minimum atomic E-state index is -0.638. The van der Waals surface area contributed by atoms with Crippen LogP contribution in [0.2, 0.25) is 0 Å². The molecule has 7 nitrogen and oxygen atoms in total. The Hall–Kier alpha value is -2.45. The van der Waals surface area contributed by atoms with E-state index in [1.54, 1.807) is 0 Å². The molecule has 8 heteroatoms. The van der Waals surface area contributed by atoms with E-state index in [0.29, 0.717) is 10.2 Å². The van der Waals surface area contributed by atoms with Crippen LogP contribution in [0, 0.1) is 0 Å². The maximum Gasteiger partial charge on any atom is 0.332 e. The number of ether oxygens (including phenoxy) is 1. The average Bonchev–Trinajstić information content (AvgIpc) is 2.91. The van der Waals surface area contributed by atoms with Crippen molar-refractivity contribution in [3.63, 3.8) is 0 Å². The monoisotopic (exact) mass is 333 g/mol. The standard InChI is InChI=1S/C15H15N3O4S/c1-22-7-6-17-14(20)13-12(18(15(17)21)8-11(16)19)9-4-2-3-5-10(9)23-13/h2-5H,6-8H2,1H3,(H2,16,19). The third-order valence-electron chi connectivity index (χ3n) is 3.57. The number of nitrogens with two attached hydrogens (primary N) is 1. The Morgan fingerprint density at radius 2 is 2.00 bits per heavy atom. The first-order valence-electron chi connectivity index (χ1n) is 6.96. The molecule has 0 saturated heterocycles. The molecule has 0 aliphatic carbocycles. The van der Waals surface area contributed by atoms with Crippen molar-refractivity contribution in [1.82, 2.24) is 9.13 Å². The van der Waals surface area contributed by atoms with Crippen LogP contribution < -0.4 is 17.0 Å². The van der Waals surface area contributed by atoms with Gasteiger partial charge in [-0.15, -0.1) is 11.3 Å². The van der Waals surface area contributed by atoms with Crippen molar-refractivity contribution in [2.45, 2.75) is 13.1 Å². The predicted molar refractivity (Wildman–Crippen MR) is 88.9 cm³/mol. The van der Waals surface area contributed by atoms with Crippen LogP contribution in [0.4, 0.5) is 0 Å². The molecule has 2 heterocycles. The van der Waals surface area contributed by atoms with Gasteiger partial charge in [0.25, 0.3) is 5.56 Å². The highest BCUT2D eigenvalue weighted by Crippen LogP contribution is 2.30. The van der Waals surface area contributed by atoms with E-state index in [-0.39, 0.29) is 25.3 Å². The molecule has 0 saturated carbocycles. The van der Waals surface area contributed by atoms with Gasteiger partial charge in [0, 0.05) is 17.2 Å². The van der Waals surface area contributed by atoms with E-state index in [4.69, 9.17) is 10.5 Å². The van der Waals surface area contributed by atoms with E-state index in [2.05, 4.69) is 0 Å². The van der Waals surface area contributed by atoms with Crippen LogP contribution in [0.25, 0.3) is 20.3 Å². The number of methoxy groups -OCH3 is 1. The van der Waals surface area contributed by atoms with Gasteiger partial charge in [-0.2, -0.15) is 0 Å². The molecular formula is C15H15N3O4S. The Morgan fingerprint density at radius 1 is 1.26 bits per heavy atom. The van der Waals surface area contributed by atoms with Crippen molar-refractivity contribution in [3.05, 3.63) is 45.1 Å². The van der Waals surface area contributed by atoms with E-state index < -0.39 is 11.6 Å². The van der Waals surface area contributed by atoms with Gasteiger partial charge in [0.15, 0.2) is 0 Å². The number of nitrogens with zero attached hydrogens (tertiary/aromatic N) is 2. The number of amides is 1. The zero-order chi connectivity index (χ0) is 16.6. The molecule has 0 spiro atoms. The summed E-state index contributed by atoms with van der Waals surface area (Å²) in [6, 6.07) is 7.38. The van der Waals surface area contributed by atoms with Crippen molar-refractivity contribution >= 4 is 37.5 Å². The highest BCUT2D eigenvalue weighted by atomic mass is 32.1. The van der Waals surface area contributed by atoms with Gasteiger partial charge in [-0.25, -0.2) is 4.79 Å². The van der Waals surface area contributed by atoms with E-state index in [1.165, 1.54) is 23.0 Å². The van der Waals surface area contributed by atoms with Crippen LogP contribution in [0.3, 0.4) is 0 Å². The fourth-order valence-electron chi connectivity index (χ4n) is 2.58. The van der Waals surface area contributed by atoms with E-state index >= 15 is 0 Å². The summed E-state index contributed by atoms with van der Waals surface area (Å²) in [6.45, 7) is 0.0720. The molecule has 0 aliphatic rings. The van der Waals surface area contributed by atoms with Crippen LogP contribution >= 0.6 is 11.3 Å². The molecule has 0 bridgehead atoms. The third-order valence-corrected chi connectivity index (χ3v) is 4.72. The second-order valence-corrected chi connectivity index (χ2v) is 6.11. The number of carbonyl (C=O) groups is 1. The number of primary amides is 1. The van der Waals surface area contributed by atoms with Gasteiger partial charge in [-0.05, 0) is 6.07 Å². The largest absolute Gasteiger partial charge is 0.383 e. The van der Waals surface area contributed by atoms with Crippen LogP contribution in [0.5, 0.6) is 0 Å². The molecule has 0 atom stereocenters. The molecule has 23 heavy (non-hydrogen) atoms. The second kappa shape index (κ2) is 5.98. The number of carbonyl (C=O) groups excluding carboxylic acids is 1. The van der Waals surface area contributed by atoms with Gasteiger partial charge in [-0.3, -0.25) is 18.7 Å². The minimum Gasteiger partial charge on any atom is -0.383 e. The number of rotatable bonds is 5. The molecule has 0 fully saturated rings. The van der Waals surface area contributed by atoms with E-state index in [9.17, 15) is 14.4 Å². The molecular weight excluding hydrogens is 318 g/mol. The Labute approximate surface area is 134 Å². The third kappa shape index (κ3) is 2.55. The summed E-state index contributed by atoms with van der Waals surface area (Å²) in [6.07, 6.45) is 0. The average molecular weight is 333 g/mol. The summed E-state index contributed by atoms with van der Waals surface area (Å²) in [5.41, 5.74) is 4.82. The van der Waals surface area contributed by atoms with Gasteiger partial charge < -0.3 is 10.5 Å². The zero-order valence-corrected chi connectivity index (χ0v) is 13.3. The number of thiophene rings is 1. The van der Waals surface area contributed by atoms with Crippen LogP contribution in [0.15, 0.2) is 33.9 Å². The number of hydrogen-bond acceptors (Lipinski definition) is 5. The highest BCUT2D eigenvalue weighted by molar-refractivity contribution is 7.25. The van der Waals surface area contributed by atoms with Crippen LogP contribution in [0.1, 0.15) is 0 Å². The van der Waals surface area contributed by atoms with Crippen molar-refractivity contribution in [2.75, 3.05) is 13.7 Å². The van der Waals surface area contributed by atoms with Gasteiger partial charge in [0.1, 0.15) is 11.2 Å². The SMILES string of the molecule is COCCn1c(=O)c2sc3ccccc3c2n(CC(N)=O)c1=O. The fraction of sp³-hybridized carbons (Fsp3) is 0.267. The molecule has 1 aromatic carbocycles. The maximum atomic E-state index is 12.7. The van der Waals surface area contributed by atoms with Crippen molar-refractivity contribution in [3.8, 4) is 0 Å². The minimum absolute atomic E-state index is 0.122. The predicted octanol–water partition coefficient (Wildman–Crippen LogP) is 0.510. The molecule has 3 aromatic rings. The lowest BCUT2D eigenvalue weighted by molar-refractivity contribution is -0.118. The number of benzene rings is 1. The second-order valence-electron chi connectivity index (χ2n) is 5.06. The molecule has 0 radical (unpaired) electrons. The molecule has 0 aliphatic heterocycles. The van der Waals surface area contributed by atoms with E-state index in [0.717, 1.165) is 14.7 Å². The summed E-state index contributed by atoms with van der Waals surface area (Å²) < 4.78 is 8.62. The molecule has 0 unspecified atom stereocenters. The van der Waals surface area contributed by atoms with Gasteiger partial charge in [0.2, 0.25) is 5.91 Å². The lowest BCUT2D eigenvalue weighted by atomic mass is 10.2. The van der Waals surface area contributed by atoms with Crippen molar-refractivity contribution in [2.24, 2.45) is 5.73 Å². The quantitative estimate of drug-likeness (QED) is 0.736. The fourth-order valence-corrected chi connectivity index (χ4v) is 3.73. The normalized spacial score (nSPS) is 11.3. The highest BCUT2D eigenvalue weighted by Gasteiger charge is 2.18. The first kappa shape index (κ1) is 15.4. The molecule has 120 valence electrons. The Morgan fingerprint density at radius 3 is 2.70 bits per heavy atom. The molecule has 3 rings (SSSR count). The van der Waals surface area contributed by atoms with Gasteiger partial charge in [-0.1, -0.05) is 18.2 Å². The van der Waals surface area contributed by atoms with Gasteiger partial charge in [0.05, 0.1) is 18.7 Å². The van der Waals surface area contributed by atoms with Crippen LogP contribution in [-0.4, -0.2) is 28.8 Å². The number of hydrogen-bond donors (Lipinski definition) is 1. The van der Waals surface area contributed by atoms with E-state index in [1.807, 2.05) is 24.3 Å². The molecule has 1 amide bonds. The summed E-state index contributed by atoms with van der Waals surface area (Å²) in [4.78, 5) is 36.7. The molecule has 2 N–H and O–H groups in total. The Balaban J connectivity index is 2.45. The smallest absolute Gasteiger partial charge is 0.332 e. The lowest BCUT2D eigenvalue weighted by Gasteiger charge is -2.10. The lowest BCUT2D eigenvalue weighted by Crippen LogP contribution is -2.42. The first-order chi connectivity index (χ1) is 11.0. The van der Waals surface area contributed by atoms with Crippen molar-refractivity contribution < 1.29 is 9.53 Å². The zero-order valence-electron chi connectivity index (χ0n) is 12.4. The maximum absolute atomic E-state index is 12.7. The Kier molecular flexibility index (Phi) is 4.01. The number of aromatic nitrogens is 2. The van der Waals surface area contributed by atoms with Crippen molar-refractivity contribution in [1.29, 1.82) is 0 Å². The summed E-state index contributed by atoms with van der Waals surface area (Å²) in [5.74, 6) is -0.638. The topological polar surface area (TPSA) is 96.3 Å².